The molecule has 2 unspecified atom stereocenters. The predicted molar refractivity (Wildman–Crippen MR) is 76.9 cm³/mol. The van der Waals surface area contributed by atoms with Gasteiger partial charge in [-0.1, -0.05) is 0 Å². The minimum absolute atomic E-state index is 0.190. The molecule has 110 valence electrons. The van der Waals surface area contributed by atoms with E-state index in [1.165, 1.54) is 12.8 Å². The number of amides is 1. The van der Waals surface area contributed by atoms with Crippen molar-refractivity contribution in [2.75, 3.05) is 40.8 Å². The lowest BCUT2D eigenvalue weighted by Gasteiger charge is -2.41. The SMILES string of the molecule is CNC(CN1CCCC(N(C)C)C1)(C(N)=O)C1CC1. The van der Waals surface area contributed by atoms with Crippen molar-refractivity contribution in [2.45, 2.75) is 37.3 Å². The molecule has 19 heavy (non-hydrogen) atoms. The zero-order chi connectivity index (χ0) is 14.0. The van der Waals surface area contributed by atoms with Crippen molar-refractivity contribution in [1.29, 1.82) is 0 Å². The van der Waals surface area contributed by atoms with Crippen LogP contribution in [0.1, 0.15) is 25.7 Å². The molecule has 2 atom stereocenters. The maximum Gasteiger partial charge on any atom is 0.239 e. The molecule has 5 heteroatoms. The Hall–Kier alpha value is -0.650. The summed E-state index contributed by atoms with van der Waals surface area (Å²) in [5.74, 6) is 0.235. The molecule has 1 aliphatic carbocycles. The molecule has 0 aromatic rings. The van der Waals surface area contributed by atoms with Gasteiger partial charge in [0.25, 0.3) is 0 Å². The van der Waals surface area contributed by atoms with Crippen LogP contribution in [0.3, 0.4) is 0 Å². The van der Waals surface area contributed by atoms with E-state index in [0.29, 0.717) is 12.0 Å². The van der Waals surface area contributed by atoms with E-state index in [1.807, 2.05) is 7.05 Å². The lowest BCUT2D eigenvalue weighted by atomic mass is 9.90. The van der Waals surface area contributed by atoms with E-state index in [2.05, 4.69) is 29.2 Å². The van der Waals surface area contributed by atoms with Crippen LogP contribution in [-0.4, -0.2) is 68.1 Å². The molecule has 0 spiro atoms. The number of carbonyl (C=O) groups excluding carboxylic acids is 1. The normalized spacial score (nSPS) is 28.3. The summed E-state index contributed by atoms with van der Waals surface area (Å²) in [4.78, 5) is 16.6. The first-order chi connectivity index (χ1) is 8.99. The molecule has 2 fully saturated rings. The van der Waals surface area contributed by atoms with Crippen LogP contribution in [-0.2, 0) is 4.79 Å². The Kier molecular flexibility index (Phi) is 4.48. The number of carbonyl (C=O) groups is 1. The number of nitrogens with zero attached hydrogens (tertiary/aromatic N) is 2. The first kappa shape index (κ1) is 14.8. The highest BCUT2D eigenvalue weighted by Gasteiger charge is 2.50. The first-order valence-corrected chi connectivity index (χ1v) is 7.37. The molecule has 5 nitrogen and oxygen atoms in total. The van der Waals surface area contributed by atoms with Gasteiger partial charge in [-0.05, 0) is 59.3 Å². The smallest absolute Gasteiger partial charge is 0.239 e. The number of likely N-dealkylation sites (N-methyl/N-ethyl adjacent to an activating group) is 2. The molecule has 0 aromatic carbocycles. The summed E-state index contributed by atoms with van der Waals surface area (Å²) >= 11 is 0. The van der Waals surface area contributed by atoms with Gasteiger partial charge in [-0.3, -0.25) is 9.69 Å². The Balaban J connectivity index is 2.03. The van der Waals surface area contributed by atoms with Crippen molar-refractivity contribution in [2.24, 2.45) is 11.7 Å². The van der Waals surface area contributed by atoms with E-state index in [-0.39, 0.29) is 5.91 Å². The average molecular weight is 268 g/mol. The number of hydrogen-bond acceptors (Lipinski definition) is 4. The fourth-order valence-corrected chi connectivity index (χ4v) is 3.34. The van der Waals surface area contributed by atoms with Crippen molar-refractivity contribution < 1.29 is 4.79 Å². The number of piperidine rings is 1. The third-order valence-electron chi connectivity index (χ3n) is 4.84. The maximum absolute atomic E-state index is 11.9. The molecule has 1 aliphatic heterocycles. The first-order valence-electron chi connectivity index (χ1n) is 7.37. The third-order valence-corrected chi connectivity index (χ3v) is 4.84. The van der Waals surface area contributed by atoms with Crippen LogP contribution >= 0.6 is 0 Å². The summed E-state index contributed by atoms with van der Waals surface area (Å²) in [5.41, 5.74) is 5.18. The maximum atomic E-state index is 11.9. The van der Waals surface area contributed by atoms with Crippen molar-refractivity contribution in [3.8, 4) is 0 Å². The quantitative estimate of drug-likeness (QED) is 0.704. The van der Waals surface area contributed by atoms with Gasteiger partial charge in [0.05, 0.1) is 0 Å². The summed E-state index contributed by atoms with van der Waals surface area (Å²) in [6.45, 7) is 2.87. The van der Waals surface area contributed by atoms with Gasteiger partial charge in [0.1, 0.15) is 5.54 Å². The molecule has 2 aliphatic rings. The summed E-state index contributed by atoms with van der Waals surface area (Å²) < 4.78 is 0. The molecule has 0 radical (unpaired) electrons. The summed E-state index contributed by atoms with van der Waals surface area (Å²) in [5, 5.41) is 3.24. The van der Waals surface area contributed by atoms with Crippen LogP contribution in [0.2, 0.25) is 0 Å². The van der Waals surface area contributed by atoms with Crippen LogP contribution in [0, 0.1) is 5.92 Å². The number of primary amides is 1. The van der Waals surface area contributed by atoms with Crippen LogP contribution < -0.4 is 11.1 Å². The molecule has 0 aromatic heterocycles. The molecular weight excluding hydrogens is 240 g/mol. The lowest BCUT2D eigenvalue weighted by molar-refractivity contribution is -0.126. The van der Waals surface area contributed by atoms with Crippen LogP contribution in [0.15, 0.2) is 0 Å². The number of likely N-dealkylation sites (tertiary alicyclic amines) is 1. The number of rotatable bonds is 6. The van der Waals surface area contributed by atoms with Gasteiger partial charge in [0.2, 0.25) is 5.91 Å². The second-order valence-electron chi connectivity index (χ2n) is 6.35. The van der Waals surface area contributed by atoms with E-state index in [1.54, 1.807) is 0 Å². The fourth-order valence-electron chi connectivity index (χ4n) is 3.34. The van der Waals surface area contributed by atoms with Gasteiger partial charge in [0.15, 0.2) is 0 Å². The van der Waals surface area contributed by atoms with Gasteiger partial charge in [-0.15, -0.1) is 0 Å². The van der Waals surface area contributed by atoms with Crippen molar-refractivity contribution in [3.63, 3.8) is 0 Å². The van der Waals surface area contributed by atoms with Crippen LogP contribution in [0.5, 0.6) is 0 Å². The highest BCUT2D eigenvalue weighted by atomic mass is 16.1. The molecule has 0 bridgehead atoms. The zero-order valence-electron chi connectivity index (χ0n) is 12.5. The topological polar surface area (TPSA) is 61.6 Å². The Bertz CT molecular complexity index is 329. The molecule has 3 N–H and O–H groups in total. The fraction of sp³-hybridized carbons (Fsp3) is 0.929. The highest BCUT2D eigenvalue weighted by molar-refractivity contribution is 5.86. The van der Waals surface area contributed by atoms with Gasteiger partial charge in [-0.25, -0.2) is 0 Å². The predicted octanol–water partition coefficient (Wildman–Crippen LogP) is -0.134. The molecule has 1 saturated heterocycles. The summed E-state index contributed by atoms with van der Waals surface area (Å²) in [7, 11) is 6.14. The molecular formula is C14H28N4O. The van der Waals surface area contributed by atoms with Crippen LogP contribution in [0.4, 0.5) is 0 Å². The molecule has 1 heterocycles. The third kappa shape index (κ3) is 3.09. The minimum atomic E-state index is -0.520. The van der Waals surface area contributed by atoms with Gasteiger partial charge < -0.3 is 16.0 Å². The van der Waals surface area contributed by atoms with Crippen molar-refractivity contribution >= 4 is 5.91 Å². The van der Waals surface area contributed by atoms with Crippen LogP contribution in [0.25, 0.3) is 0 Å². The average Bonchev–Trinajstić information content (AvgIpc) is 3.20. The Morgan fingerprint density at radius 3 is 2.58 bits per heavy atom. The minimum Gasteiger partial charge on any atom is -0.368 e. The second kappa shape index (κ2) is 5.77. The lowest BCUT2D eigenvalue weighted by Crippen LogP contribution is -2.63. The summed E-state index contributed by atoms with van der Waals surface area (Å²) in [6, 6.07) is 0.593. The molecule has 1 saturated carbocycles. The van der Waals surface area contributed by atoms with Gasteiger partial charge in [-0.2, -0.15) is 0 Å². The number of nitrogens with one attached hydrogen (secondary N) is 1. The Labute approximate surface area is 116 Å². The molecule has 1 amide bonds. The monoisotopic (exact) mass is 268 g/mol. The summed E-state index contributed by atoms with van der Waals surface area (Å²) in [6.07, 6.45) is 4.69. The van der Waals surface area contributed by atoms with Gasteiger partial charge >= 0.3 is 0 Å². The van der Waals surface area contributed by atoms with Crippen molar-refractivity contribution in [3.05, 3.63) is 0 Å². The highest BCUT2D eigenvalue weighted by Crippen LogP contribution is 2.40. The largest absolute Gasteiger partial charge is 0.368 e. The molecule has 2 rings (SSSR count). The second-order valence-corrected chi connectivity index (χ2v) is 6.35. The van der Waals surface area contributed by atoms with Crippen molar-refractivity contribution in [1.82, 2.24) is 15.1 Å². The van der Waals surface area contributed by atoms with E-state index in [4.69, 9.17) is 5.73 Å². The Morgan fingerprint density at radius 2 is 2.11 bits per heavy atom. The van der Waals surface area contributed by atoms with Gasteiger partial charge in [0, 0.05) is 19.1 Å². The van der Waals surface area contributed by atoms with E-state index in [0.717, 1.165) is 32.5 Å². The number of nitrogens with two attached hydrogens (primary N) is 1. The van der Waals surface area contributed by atoms with E-state index < -0.39 is 5.54 Å². The zero-order valence-corrected chi connectivity index (χ0v) is 12.5. The number of hydrogen-bond donors (Lipinski definition) is 2. The Morgan fingerprint density at radius 1 is 1.42 bits per heavy atom. The van der Waals surface area contributed by atoms with E-state index >= 15 is 0 Å². The van der Waals surface area contributed by atoms with E-state index in [9.17, 15) is 4.79 Å². The standard InChI is InChI=1S/C14H28N4O/c1-16-14(13(15)19,11-6-7-11)10-18-8-4-5-12(9-18)17(2)3/h11-12,16H,4-10H2,1-3H3,(H2,15,19).